The molecule has 0 aliphatic carbocycles. The normalized spacial score (nSPS) is 14.7. The van der Waals surface area contributed by atoms with Crippen LogP contribution in [0.1, 0.15) is 30.0 Å². The first-order valence-corrected chi connectivity index (χ1v) is 10.7. The van der Waals surface area contributed by atoms with Crippen LogP contribution in [0.2, 0.25) is 0 Å². The van der Waals surface area contributed by atoms with Crippen LogP contribution in [0.3, 0.4) is 0 Å². The number of nitrogens with one attached hydrogen (secondary N) is 2. The first kappa shape index (κ1) is 25.8. The first-order valence-electron chi connectivity index (χ1n) is 10.7. The minimum Gasteiger partial charge on any atom is -0.493 e. The summed E-state index contributed by atoms with van der Waals surface area (Å²) in [5.74, 6) is 4.55. The van der Waals surface area contributed by atoms with Gasteiger partial charge in [-0.2, -0.15) is 0 Å². The van der Waals surface area contributed by atoms with Crippen molar-refractivity contribution in [1.82, 2.24) is 15.5 Å². The fraction of sp³-hybridized carbons (Fsp3) is 0.400. The minimum atomic E-state index is 0. The number of halogens is 1. The highest BCUT2D eigenvalue weighted by Gasteiger charge is 2.23. The topological polar surface area (TPSA) is 58.1 Å². The van der Waals surface area contributed by atoms with Crippen molar-refractivity contribution in [3.8, 4) is 23.8 Å². The number of aliphatic imine (C=N–C) groups is 1. The van der Waals surface area contributed by atoms with E-state index in [1.165, 1.54) is 18.4 Å². The van der Waals surface area contributed by atoms with Crippen LogP contribution in [0.15, 0.2) is 53.5 Å². The van der Waals surface area contributed by atoms with E-state index in [9.17, 15) is 0 Å². The molecular formula is C25H33IN4O2. The maximum absolute atomic E-state index is 5.60. The highest BCUT2D eigenvalue weighted by molar-refractivity contribution is 14.0. The first-order chi connectivity index (χ1) is 15.2. The number of likely N-dealkylation sites (tertiary alicyclic amines) is 1. The lowest BCUT2D eigenvalue weighted by atomic mass is 10.1. The minimum absolute atomic E-state index is 0. The van der Waals surface area contributed by atoms with Gasteiger partial charge in [-0.25, -0.2) is 0 Å². The van der Waals surface area contributed by atoms with Crippen LogP contribution in [-0.4, -0.2) is 51.3 Å². The van der Waals surface area contributed by atoms with Gasteiger partial charge in [-0.1, -0.05) is 42.3 Å². The monoisotopic (exact) mass is 548 g/mol. The van der Waals surface area contributed by atoms with Crippen LogP contribution in [-0.2, 0) is 6.54 Å². The molecule has 0 aromatic heterocycles. The quantitative estimate of drug-likeness (QED) is 0.216. The zero-order chi connectivity index (χ0) is 21.9. The third-order valence-corrected chi connectivity index (χ3v) is 5.45. The molecular weight excluding hydrogens is 515 g/mol. The largest absolute Gasteiger partial charge is 0.493 e. The Morgan fingerprint density at radius 2 is 1.88 bits per heavy atom. The van der Waals surface area contributed by atoms with Gasteiger partial charge in [0.1, 0.15) is 6.61 Å². The van der Waals surface area contributed by atoms with E-state index < -0.39 is 0 Å². The van der Waals surface area contributed by atoms with Crippen molar-refractivity contribution in [3.63, 3.8) is 0 Å². The van der Waals surface area contributed by atoms with Crippen molar-refractivity contribution >= 4 is 29.9 Å². The molecule has 0 spiro atoms. The summed E-state index contributed by atoms with van der Waals surface area (Å²) in [5, 5.41) is 6.89. The van der Waals surface area contributed by atoms with E-state index in [0.29, 0.717) is 24.1 Å². The van der Waals surface area contributed by atoms with Crippen molar-refractivity contribution in [3.05, 3.63) is 59.7 Å². The molecule has 6 nitrogen and oxygen atoms in total. The van der Waals surface area contributed by atoms with Crippen LogP contribution in [0, 0.1) is 12.3 Å². The van der Waals surface area contributed by atoms with Crippen LogP contribution in [0.5, 0.6) is 11.5 Å². The Morgan fingerprint density at radius 1 is 1.12 bits per heavy atom. The maximum Gasteiger partial charge on any atom is 0.191 e. The number of methoxy groups -OCH3 is 1. The van der Waals surface area contributed by atoms with Crippen molar-refractivity contribution in [1.29, 1.82) is 0 Å². The maximum atomic E-state index is 5.60. The fourth-order valence-corrected chi connectivity index (χ4v) is 3.85. The summed E-state index contributed by atoms with van der Waals surface area (Å²) in [4.78, 5) is 6.94. The predicted molar refractivity (Wildman–Crippen MR) is 141 cm³/mol. The summed E-state index contributed by atoms with van der Waals surface area (Å²) in [6.07, 6.45) is 7.84. The van der Waals surface area contributed by atoms with Crippen molar-refractivity contribution in [2.45, 2.75) is 25.4 Å². The van der Waals surface area contributed by atoms with Crippen molar-refractivity contribution < 1.29 is 9.47 Å². The second kappa shape index (κ2) is 13.9. The Kier molecular flexibility index (Phi) is 11.2. The molecule has 1 aliphatic rings. The number of rotatable bonds is 9. The number of hydrogen-bond donors (Lipinski definition) is 2. The standard InChI is InChI=1S/C25H32N4O2.HI/c1-4-16-31-24-17-20(12-13-23(24)30-3)18-27-25(26-2)28-19-22(29-14-8-9-15-29)21-10-6-5-7-11-21;/h1,5-7,10-13,17,22H,8-9,14-16,18-19H2,2-3H3,(H2,26,27,28);1H. The third-order valence-electron chi connectivity index (χ3n) is 5.45. The van der Waals surface area contributed by atoms with Gasteiger partial charge in [-0.3, -0.25) is 9.89 Å². The number of ether oxygens (including phenoxy) is 2. The summed E-state index contributed by atoms with van der Waals surface area (Å²) in [7, 11) is 3.41. The van der Waals surface area contributed by atoms with Gasteiger partial charge >= 0.3 is 0 Å². The van der Waals surface area contributed by atoms with Crippen LogP contribution in [0.4, 0.5) is 0 Å². The molecule has 2 N–H and O–H groups in total. The number of hydrogen-bond acceptors (Lipinski definition) is 4. The van der Waals surface area contributed by atoms with E-state index in [1.807, 2.05) is 18.2 Å². The molecule has 1 saturated heterocycles. The molecule has 3 rings (SSSR count). The van der Waals surface area contributed by atoms with E-state index in [1.54, 1.807) is 14.2 Å². The van der Waals surface area contributed by atoms with E-state index in [2.05, 4.69) is 56.8 Å². The summed E-state index contributed by atoms with van der Waals surface area (Å²) >= 11 is 0. The third kappa shape index (κ3) is 7.31. The van der Waals surface area contributed by atoms with Crippen LogP contribution >= 0.6 is 24.0 Å². The lowest BCUT2D eigenvalue weighted by molar-refractivity contribution is 0.245. The number of nitrogens with zero attached hydrogens (tertiary/aromatic N) is 2. The van der Waals surface area contributed by atoms with Gasteiger partial charge in [0.25, 0.3) is 0 Å². The second-order valence-corrected chi connectivity index (χ2v) is 7.45. The number of benzene rings is 2. The van der Waals surface area contributed by atoms with Gasteiger partial charge in [-0.15, -0.1) is 30.4 Å². The van der Waals surface area contributed by atoms with Gasteiger partial charge in [-0.05, 0) is 49.2 Å². The van der Waals surface area contributed by atoms with Crippen molar-refractivity contribution in [2.24, 2.45) is 4.99 Å². The average molecular weight is 548 g/mol. The molecule has 1 atom stereocenters. The predicted octanol–water partition coefficient (Wildman–Crippen LogP) is 3.83. The Morgan fingerprint density at radius 3 is 2.53 bits per heavy atom. The van der Waals surface area contributed by atoms with Gasteiger partial charge in [0.2, 0.25) is 0 Å². The highest BCUT2D eigenvalue weighted by Crippen LogP contribution is 2.28. The van der Waals surface area contributed by atoms with Crippen LogP contribution in [0.25, 0.3) is 0 Å². The Hall–Kier alpha value is -2.44. The molecule has 0 radical (unpaired) electrons. The van der Waals surface area contributed by atoms with E-state index in [4.69, 9.17) is 15.9 Å². The summed E-state index contributed by atoms with van der Waals surface area (Å²) in [6, 6.07) is 16.8. The molecule has 1 heterocycles. The molecule has 172 valence electrons. The van der Waals surface area contributed by atoms with Gasteiger partial charge < -0.3 is 20.1 Å². The van der Waals surface area contributed by atoms with E-state index in [0.717, 1.165) is 31.2 Å². The SMILES string of the molecule is C#CCOc1cc(CNC(=NC)NCC(c2ccccc2)N2CCCC2)ccc1OC.I. The van der Waals surface area contributed by atoms with Crippen LogP contribution < -0.4 is 20.1 Å². The van der Waals surface area contributed by atoms with Gasteiger partial charge in [0.15, 0.2) is 17.5 Å². The summed E-state index contributed by atoms with van der Waals surface area (Å²) in [6.45, 7) is 3.88. The smallest absolute Gasteiger partial charge is 0.191 e. The number of guanidine groups is 1. The molecule has 0 bridgehead atoms. The second-order valence-electron chi connectivity index (χ2n) is 7.45. The molecule has 0 saturated carbocycles. The summed E-state index contributed by atoms with van der Waals surface area (Å²) in [5.41, 5.74) is 2.38. The Balaban J connectivity index is 0.00000363. The highest BCUT2D eigenvalue weighted by atomic mass is 127. The molecule has 1 fully saturated rings. The molecule has 32 heavy (non-hydrogen) atoms. The zero-order valence-corrected chi connectivity index (χ0v) is 21.2. The molecule has 1 unspecified atom stereocenters. The number of terminal acetylenes is 1. The molecule has 7 heteroatoms. The Labute approximate surface area is 208 Å². The van der Waals surface area contributed by atoms with Crippen molar-refractivity contribution in [2.75, 3.05) is 40.4 Å². The Bertz CT molecular complexity index is 893. The fourth-order valence-electron chi connectivity index (χ4n) is 3.85. The summed E-state index contributed by atoms with van der Waals surface area (Å²) < 4.78 is 10.9. The zero-order valence-electron chi connectivity index (χ0n) is 18.8. The lowest BCUT2D eigenvalue weighted by Crippen LogP contribution is -2.42. The van der Waals surface area contributed by atoms with Gasteiger partial charge in [0.05, 0.1) is 13.2 Å². The van der Waals surface area contributed by atoms with E-state index >= 15 is 0 Å². The van der Waals surface area contributed by atoms with Gasteiger partial charge in [0, 0.05) is 20.1 Å². The molecule has 2 aromatic carbocycles. The lowest BCUT2D eigenvalue weighted by Gasteiger charge is -2.29. The molecule has 1 aliphatic heterocycles. The molecule has 0 amide bonds. The average Bonchev–Trinajstić information content (AvgIpc) is 3.35. The van der Waals surface area contributed by atoms with E-state index in [-0.39, 0.29) is 30.6 Å². The molecule has 2 aromatic rings.